The van der Waals surface area contributed by atoms with E-state index in [1.807, 2.05) is 30.3 Å². The maximum atomic E-state index is 12.3. The molecule has 1 fully saturated rings. The van der Waals surface area contributed by atoms with E-state index in [9.17, 15) is 20.1 Å². The van der Waals surface area contributed by atoms with E-state index < -0.39 is 17.2 Å². The lowest BCUT2D eigenvalue weighted by Gasteiger charge is -2.34. The molecular weight excluding hydrogens is 386 g/mol. The van der Waals surface area contributed by atoms with E-state index in [1.165, 1.54) is 12.8 Å². The van der Waals surface area contributed by atoms with Crippen LogP contribution in [0.2, 0.25) is 0 Å². The molecule has 150 valence electrons. The average molecular weight is 410 g/mol. The van der Waals surface area contributed by atoms with Gasteiger partial charge >= 0.3 is 0 Å². The van der Waals surface area contributed by atoms with Crippen LogP contribution >= 0.6 is 11.8 Å². The van der Waals surface area contributed by atoms with E-state index in [1.54, 1.807) is 13.8 Å². The second kappa shape index (κ2) is 8.59. The first-order chi connectivity index (χ1) is 13.9. The molecule has 7 nitrogen and oxygen atoms in total. The van der Waals surface area contributed by atoms with Gasteiger partial charge in [0.2, 0.25) is 11.8 Å². The Hall–Kier alpha value is -2.97. The van der Waals surface area contributed by atoms with E-state index >= 15 is 0 Å². The van der Waals surface area contributed by atoms with Crippen LogP contribution < -0.4 is 15.5 Å². The number of amides is 2. The van der Waals surface area contributed by atoms with Gasteiger partial charge in [0.05, 0.1) is 28.5 Å². The minimum absolute atomic E-state index is 0.0436. The number of nitriles is 2. The third-order valence-corrected chi connectivity index (χ3v) is 6.30. The highest BCUT2D eigenvalue weighted by atomic mass is 32.2. The molecule has 0 bridgehead atoms. The fraction of sp³-hybridized carbons (Fsp3) is 0.429. The normalized spacial score (nSPS) is 20.6. The fourth-order valence-electron chi connectivity index (χ4n) is 3.60. The van der Waals surface area contributed by atoms with Crippen molar-refractivity contribution < 1.29 is 9.59 Å². The number of hydrogen-bond acceptors (Lipinski definition) is 6. The van der Waals surface area contributed by atoms with Crippen LogP contribution in [-0.2, 0) is 9.59 Å². The molecule has 3 rings (SSSR count). The molecule has 0 aliphatic carbocycles. The Morgan fingerprint density at radius 2 is 1.93 bits per heavy atom. The highest BCUT2D eigenvalue weighted by molar-refractivity contribution is 8.03. The lowest BCUT2D eigenvalue weighted by Crippen LogP contribution is -2.44. The second-order valence-electron chi connectivity index (χ2n) is 7.67. The predicted molar refractivity (Wildman–Crippen MR) is 113 cm³/mol. The smallest absolute Gasteiger partial charge is 0.243 e. The lowest BCUT2D eigenvalue weighted by atomic mass is 9.72. The molecule has 29 heavy (non-hydrogen) atoms. The number of anilines is 2. The summed E-state index contributed by atoms with van der Waals surface area (Å²) in [6.07, 6.45) is 2.41. The van der Waals surface area contributed by atoms with E-state index in [0.29, 0.717) is 16.3 Å². The van der Waals surface area contributed by atoms with Gasteiger partial charge in [-0.15, -0.1) is 0 Å². The lowest BCUT2D eigenvalue weighted by molar-refractivity contribution is -0.125. The molecule has 8 heteroatoms. The van der Waals surface area contributed by atoms with Crippen molar-refractivity contribution in [2.24, 2.45) is 11.3 Å². The third kappa shape index (κ3) is 4.38. The van der Waals surface area contributed by atoms with Gasteiger partial charge in [0.1, 0.15) is 5.92 Å². The fourth-order valence-corrected chi connectivity index (χ4v) is 4.57. The quantitative estimate of drug-likeness (QED) is 0.774. The highest BCUT2D eigenvalue weighted by Gasteiger charge is 2.44. The molecule has 1 saturated heterocycles. The van der Waals surface area contributed by atoms with Gasteiger partial charge in [-0.2, -0.15) is 10.5 Å². The first-order valence-corrected chi connectivity index (χ1v) is 10.5. The number of hydrogen-bond donors (Lipinski definition) is 2. The number of benzene rings is 1. The van der Waals surface area contributed by atoms with Crippen molar-refractivity contribution in [1.29, 1.82) is 10.5 Å². The van der Waals surface area contributed by atoms with Gasteiger partial charge in [0, 0.05) is 29.9 Å². The highest BCUT2D eigenvalue weighted by Crippen LogP contribution is 2.41. The van der Waals surface area contributed by atoms with Gasteiger partial charge < -0.3 is 15.5 Å². The van der Waals surface area contributed by atoms with Gasteiger partial charge in [0.15, 0.2) is 0 Å². The molecule has 0 radical (unpaired) electrons. The number of carbonyl (C=O) groups excluding carboxylic acids is 2. The van der Waals surface area contributed by atoms with E-state index in [0.717, 1.165) is 30.5 Å². The van der Waals surface area contributed by atoms with Crippen LogP contribution in [0.15, 0.2) is 34.9 Å². The molecule has 2 amide bonds. The molecule has 0 unspecified atom stereocenters. The van der Waals surface area contributed by atoms with Crippen LogP contribution in [0.3, 0.4) is 0 Å². The average Bonchev–Trinajstić information content (AvgIpc) is 3.21. The maximum Gasteiger partial charge on any atom is 0.243 e. The van der Waals surface area contributed by atoms with Gasteiger partial charge in [-0.1, -0.05) is 25.6 Å². The number of thioether (sulfide) groups is 1. The zero-order chi connectivity index (χ0) is 21.0. The molecule has 2 heterocycles. The molecule has 1 aromatic rings. The summed E-state index contributed by atoms with van der Waals surface area (Å²) in [6.45, 7) is 5.52. The van der Waals surface area contributed by atoms with Crippen molar-refractivity contribution in [2.75, 3.05) is 29.1 Å². The molecule has 1 atom stereocenters. The van der Waals surface area contributed by atoms with Crippen molar-refractivity contribution in [3.8, 4) is 12.1 Å². The largest absolute Gasteiger partial charge is 0.372 e. The molecule has 2 N–H and O–H groups in total. The minimum Gasteiger partial charge on any atom is -0.372 e. The summed E-state index contributed by atoms with van der Waals surface area (Å²) in [4.78, 5) is 26.9. The maximum absolute atomic E-state index is 12.3. The van der Waals surface area contributed by atoms with E-state index in [2.05, 4.69) is 21.6 Å². The summed E-state index contributed by atoms with van der Waals surface area (Å²) < 4.78 is 0. The first-order valence-electron chi connectivity index (χ1n) is 9.50. The Morgan fingerprint density at radius 3 is 2.52 bits per heavy atom. The van der Waals surface area contributed by atoms with Gasteiger partial charge in [-0.3, -0.25) is 9.59 Å². The van der Waals surface area contributed by atoms with Crippen molar-refractivity contribution in [3.63, 3.8) is 0 Å². The van der Waals surface area contributed by atoms with Crippen LogP contribution in [0.25, 0.3) is 0 Å². The van der Waals surface area contributed by atoms with Gasteiger partial charge in [-0.25, -0.2) is 0 Å². The van der Waals surface area contributed by atoms with Crippen LogP contribution in [0.1, 0.15) is 26.7 Å². The van der Waals surface area contributed by atoms with Crippen molar-refractivity contribution in [3.05, 3.63) is 34.9 Å². The Bertz CT molecular complexity index is 918. The third-order valence-electron chi connectivity index (χ3n) is 5.30. The van der Waals surface area contributed by atoms with Crippen molar-refractivity contribution in [1.82, 2.24) is 5.32 Å². The predicted octanol–water partition coefficient (Wildman–Crippen LogP) is 2.99. The van der Waals surface area contributed by atoms with Crippen LogP contribution in [0.5, 0.6) is 0 Å². The van der Waals surface area contributed by atoms with Crippen LogP contribution in [0, 0.1) is 34.0 Å². The Kier molecular flexibility index (Phi) is 6.14. The van der Waals surface area contributed by atoms with Crippen LogP contribution in [0.4, 0.5) is 11.4 Å². The summed E-state index contributed by atoms with van der Waals surface area (Å²) in [6, 6.07) is 11.8. The van der Waals surface area contributed by atoms with Gasteiger partial charge in [-0.05, 0) is 37.1 Å². The van der Waals surface area contributed by atoms with Crippen LogP contribution in [-0.4, -0.2) is 30.7 Å². The summed E-state index contributed by atoms with van der Waals surface area (Å²) in [7, 11) is 0. The SMILES string of the molecule is CC1(C)C(C#N)=C(SCC(=O)Nc2ccc(N3CCCC3)cc2)NC(=O)[C@H]1C#N. The number of nitrogens with zero attached hydrogens (tertiary/aromatic N) is 3. The molecule has 0 aromatic heterocycles. The Morgan fingerprint density at radius 1 is 1.28 bits per heavy atom. The molecule has 1 aromatic carbocycles. The van der Waals surface area contributed by atoms with Crippen molar-refractivity contribution >= 4 is 35.0 Å². The topological polar surface area (TPSA) is 109 Å². The van der Waals surface area contributed by atoms with E-state index in [4.69, 9.17) is 0 Å². The zero-order valence-electron chi connectivity index (χ0n) is 16.5. The number of carbonyl (C=O) groups is 2. The summed E-state index contributed by atoms with van der Waals surface area (Å²) >= 11 is 1.10. The molecule has 2 aliphatic heterocycles. The molecule has 2 aliphatic rings. The monoisotopic (exact) mass is 409 g/mol. The molecule has 0 spiro atoms. The standard InChI is InChI=1S/C21H23N5O2S/c1-21(2)16(11-22)19(28)25-20(17(21)12-23)29-13-18(27)24-14-5-7-15(8-6-14)26-9-3-4-10-26/h5-8,16H,3-4,9-10,13H2,1-2H3,(H,24,27)(H,25,28)/t16-/m1/s1. The number of allylic oxidation sites excluding steroid dienone is 1. The summed E-state index contributed by atoms with van der Waals surface area (Å²) in [5, 5.41) is 24.6. The number of nitrogens with one attached hydrogen (secondary N) is 2. The summed E-state index contributed by atoms with van der Waals surface area (Å²) in [5.41, 5.74) is 1.26. The Labute approximate surface area is 174 Å². The molecule has 0 saturated carbocycles. The summed E-state index contributed by atoms with van der Waals surface area (Å²) in [5.74, 6) is -1.58. The number of rotatable bonds is 5. The second-order valence-corrected chi connectivity index (χ2v) is 8.65. The minimum atomic E-state index is -0.940. The van der Waals surface area contributed by atoms with Gasteiger partial charge in [0.25, 0.3) is 0 Å². The first kappa shape index (κ1) is 20.8. The Balaban J connectivity index is 1.62. The van der Waals surface area contributed by atoms with Crippen molar-refractivity contribution in [2.45, 2.75) is 26.7 Å². The zero-order valence-corrected chi connectivity index (χ0v) is 17.3. The molecular formula is C21H23N5O2S. The van der Waals surface area contributed by atoms with E-state index in [-0.39, 0.29) is 11.7 Å².